The molecule has 1 aromatic rings. The first-order valence-electron chi connectivity index (χ1n) is 3.66. The lowest BCUT2D eigenvalue weighted by Crippen LogP contribution is -1.96. The molecule has 7 heteroatoms. The van der Waals surface area contributed by atoms with Gasteiger partial charge in [-0.2, -0.15) is 5.26 Å². The summed E-state index contributed by atoms with van der Waals surface area (Å²) in [6.45, 7) is 1.22. The number of carbonyl (C=O) groups excluding carboxylic acids is 1. The highest BCUT2D eigenvalue weighted by Crippen LogP contribution is 1.98. The van der Waals surface area contributed by atoms with Crippen molar-refractivity contribution in [3.63, 3.8) is 0 Å². The van der Waals surface area contributed by atoms with Gasteiger partial charge in [-0.25, -0.2) is 9.48 Å². The van der Waals surface area contributed by atoms with E-state index in [0.717, 1.165) is 6.21 Å². The van der Waals surface area contributed by atoms with Crippen molar-refractivity contribution < 1.29 is 9.63 Å². The number of carbonyl (C=O) groups is 1. The van der Waals surface area contributed by atoms with Gasteiger partial charge >= 0.3 is 5.97 Å². The van der Waals surface area contributed by atoms with Gasteiger partial charge in [0.25, 0.3) is 0 Å². The monoisotopic (exact) mass is 193 g/mol. The number of oxime groups is 1. The van der Waals surface area contributed by atoms with Crippen molar-refractivity contribution in [3.05, 3.63) is 11.4 Å². The summed E-state index contributed by atoms with van der Waals surface area (Å²) in [6, 6.07) is 1.89. The van der Waals surface area contributed by atoms with Gasteiger partial charge < -0.3 is 4.84 Å². The summed E-state index contributed by atoms with van der Waals surface area (Å²) in [5.74, 6) is -0.538. The molecule has 0 aliphatic rings. The van der Waals surface area contributed by atoms with Crippen LogP contribution in [0.1, 0.15) is 18.3 Å². The minimum atomic E-state index is -0.538. The van der Waals surface area contributed by atoms with Gasteiger partial charge in [0.2, 0.25) is 0 Å². The van der Waals surface area contributed by atoms with E-state index in [4.69, 9.17) is 5.26 Å². The lowest BCUT2D eigenvalue weighted by molar-refractivity contribution is -0.140. The van der Waals surface area contributed by atoms with Crippen molar-refractivity contribution in [1.82, 2.24) is 15.0 Å². The molecular formula is C7H7N5O2. The van der Waals surface area contributed by atoms with Crippen LogP contribution in [0.25, 0.3) is 0 Å². The molecule has 0 spiro atoms. The van der Waals surface area contributed by atoms with Gasteiger partial charge in [0.15, 0.2) is 5.69 Å². The first-order valence-corrected chi connectivity index (χ1v) is 3.66. The largest absolute Gasteiger partial charge is 0.331 e. The molecule has 14 heavy (non-hydrogen) atoms. The van der Waals surface area contributed by atoms with E-state index >= 15 is 0 Å². The van der Waals surface area contributed by atoms with Gasteiger partial charge in [0, 0.05) is 14.0 Å². The maximum atomic E-state index is 10.4. The summed E-state index contributed by atoms with van der Waals surface area (Å²) >= 11 is 0. The summed E-state index contributed by atoms with van der Waals surface area (Å²) in [7, 11) is 1.58. The van der Waals surface area contributed by atoms with Gasteiger partial charge in [-0.3, -0.25) is 0 Å². The maximum absolute atomic E-state index is 10.4. The molecule has 0 saturated heterocycles. The van der Waals surface area contributed by atoms with Crippen molar-refractivity contribution in [2.75, 3.05) is 0 Å². The van der Waals surface area contributed by atoms with Crippen molar-refractivity contribution in [2.24, 2.45) is 12.2 Å². The molecule has 72 valence electrons. The standard InChI is InChI=1S/C7H7N5O2/c1-5(13)14-9-4-6-7(3-8)12(2)11-10-6/h4H,1-2H3/b9-4+. The highest BCUT2D eigenvalue weighted by molar-refractivity contribution is 5.79. The van der Waals surface area contributed by atoms with E-state index in [1.54, 1.807) is 7.05 Å². The molecule has 0 aliphatic carbocycles. The molecule has 1 heterocycles. The van der Waals surface area contributed by atoms with Crippen LogP contribution < -0.4 is 0 Å². The minimum absolute atomic E-state index is 0.251. The Kier molecular flexibility index (Phi) is 2.91. The number of aryl methyl sites for hydroxylation is 1. The summed E-state index contributed by atoms with van der Waals surface area (Å²) in [4.78, 5) is 14.7. The summed E-state index contributed by atoms with van der Waals surface area (Å²) in [5, 5.41) is 19.2. The zero-order valence-electron chi connectivity index (χ0n) is 7.63. The molecule has 0 aliphatic heterocycles. The highest BCUT2D eigenvalue weighted by atomic mass is 16.7. The second-order valence-corrected chi connectivity index (χ2v) is 2.38. The number of hydrogen-bond donors (Lipinski definition) is 0. The Morgan fingerprint density at radius 3 is 3.07 bits per heavy atom. The van der Waals surface area contributed by atoms with Crippen LogP contribution in [0.5, 0.6) is 0 Å². The third kappa shape index (κ3) is 2.13. The van der Waals surface area contributed by atoms with E-state index in [0.29, 0.717) is 0 Å². The molecule has 0 fully saturated rings. The normalized spacial score (nSPS) is 10.1. The van der Waals surface area contributed by atoms with Gasteiger partial charge in [-0.15, -0.1) is 5.10 Å². The van der Waals surface area contributed by atoms with Crippen molar-refractivity contribution >= 4 is 12.2 Å². The van der Waals surface area contributed by atoms with Crippen LogP contribution >= 0.6 is 0 Å². The van der Waals surface area contributed by atoms with Crippen LogP contribution in [0.15, 0.2) is 5.16 Å². The topological polar surface area (TPSA) is 93.2 Å². The number of aromatic nitrogens is 3. The Hall–Kier alpha value is -2.23. The van der Waals surface area contributed by atoms with E-state index in [1.807, 2.05) is 6.07 Å². The minimum Gasteiger partial charge on any atom is -0.319 e. The van der Waals surface area contributed by atoms with Crippen LogP contribution in [0, 0.1) is 11.3 Å². The molecule has 0 N–H and O–H groups in total. The number of hydrogen-bond acceptors (Lipinski definition) is 6. The Balaban J connectivity index is 2.82. The lowest BCUT2D eigenvalue weighted by Gasteiger charge is -1.88. The van der Waals surface area contributed by atoms with E-state index in [1.165, 1.54) is 11.6 Å². The highest BCUT2D eigenvalue weighted by Gasteiger charge is 2.06. The molecule has 7 nitrogen and oxygen atoms in total. The molecule has 0 unspecified atom stereocenters. The molecule has 0 saturated carbocycles. The second-order valence-electron chi connectivity index (χ2n) is 2.38. The van der Waals surface area contributed by atoms with E-state index < -0.39 is 5.97 Å². The van der Waals surface area contributed by atoms with Crippen molar-refractivity contribution in [3.8, 4) is 6.07 Å². The smallest absolute Gasteiger partial charge is 0.319 e. The molecule has 0 amide bonds. The fraction of sp³-hybridized carbons (Fsp3) is 0.286. The molecule has 0 radical (unpaired) electrons. The maximum Gasteiger partial charge on any atom is 0.331 e. The van der Waals surface area contributed by atoms with Gasteiger partial charge in [0.05, 0.1) is 6.21 Å². The van der Waals surface area contributed by atoms with Crippen LogP contribution in [-0.4, -0.2) is 27.2 Å². The number of nitrogens with zero attached hydrogens (tertiary/aromatic N) is 5. The van der Waals surface area contributed by atoms with Crippen LogP contribution in [-0.2, 0) is 16.7 Å². The second kappa shape index (κ2) is 4.13. The Bertz CT molecular complexity index is 414. The average molecular weight is 193 g/mol. The SMILES string of the molecule is CC(=O)O/N=C/c1nnn(C)c1C#N. The van der Waals surface area contributed by atoms with Crippen molar-refractivity contribution in [2.45, 2.75) is 6.92 Å². The molecular weight excluding hydrogens is 186 g/mol. The van der Waals surface area contributed by atoms with E-state index in [2.05, 4.69) is 20.3 Å². The van der Waals surface area contributed by atoms with Crippen LogP contribution in [0.2, 0.25) is 0 Å². The summed E-state index contributed by atoms with van der Waals surface area (Å²) in [5.41, 5.74) is 0.511. The average Bonchev–Trinajstić information content (AvgIpc) is 2.46. The Morgan fingerprint density at radius 1 is 1.79 bits per heavy atom. The third-order valence-electron chi connectivity index (χ3n) is 1.31. The number of rotatable bonds is 2. The first kappa shape index (κ1) is 9.85. The quantitative estimate of drug-likeness (QED) is 0.361. The van der Waals surface area contributed by atoms with E-state index in [-0.39, 0.29) is 11.4 Å². The molecule has 1 rings (SSSR count). The van der Waals surface area contributed by atoms with Crippen molar-refractivity contribution in [1.29, 1.82) is 5.26 Å². The predicted molar refractivity (Wildman–Crippen MR) is 45.1 cm³/mol. The zero-order valence-corrected chi connectivity index (χ0v) is 7.63. The fourth-order valence-corrected chi connectivity index (χ4v) is 0.740. The van der Waals surface area contributed by atoms with E-state index in [9.17, 15) is 4.79 Å². The molecule has 1 aromatic heterocycles. The zero-order chi connectivity index (χ0) is 10.6. The summed E-state index contributed by atoms with van der Waals surface area (Å²) < 4.78 is 1.30. The van der Waals surface area contributed by atoms with Gasteiger partial charge in [-0.1, -0.05) is 10.4 Å². The molecule has 0 bridgehead atoms. The summed E-state index contributed by atoms with van der Waals surface area (Å²) in [6.07, 6.45) is 1.16. The van der Waals surface area contributed by atoms with Crippen LogP contribution in [0.3, 0.4) is 0 Å². The first-order chi connectivity index (χ1) is 6.65. The van der Waals surface area contributed by atoms with Gasteiger partial charge in [0.1, 0.15) is 11.8 Å². The fourth-order valence-electron chi connectivity index (χ4n) is 0.740. The molecule has 0 atom stereocenters. The Labute approximate surface area is 79.6 Å². The van der Waals surface area contributed by atoms with Gasteiger partial charge in [-0.05, 0) is 0 Å². The lowest BCUT2D eigenvalue weighted by atomic mass is 10.3. The number of nitriles is 1. The molecule has 0 aromatic carbocycles. The predicted octanol–water partition coefficient (Wildman–Crippen LogP) is -0.416. The third-order valence-corrected chi connectivity index (χ3v) is 1.31. The Morgan fingerprint density at radius 2 is 2.50 bits per heavy atom. The van der Waals surface area contributed by atoms with Crippen LogP contribution in [0.4, 0.5) is 0 Å².